The van der Waals surface area contributed by atoms with E-state index < -0.39 is 0 Å². The molecule has 0 saturated heterocycles. The van der Waals surface area contributed by atoms with Gasteiger partial charge in [0.15, 0.2) is 0 Å². The van der Waals surface area contributed by atoms with Crippen LogP contribution in [0.5, 0.6) is 0 Å². The molecule has 0 aliphatic rings. The lowest BCUT2D eigenvalue weighted by atomic mass is 9.80. The summed E-state index contributed by atoms with van der Waals surface area (Å²) in [6, 6.07) is 0. The summed E-state index contributed by atoms with van der Waals surface area (Å²) in [6.07, 6.45) is 15.0. The van der Waals surface area contributed by atoms with Gasteiger partial charge in [-0.15, -0.1) is 0 Å². The highest BCUT2D eigenvalue weighted by Gasteiger charge is 2.24. The van der Waals surface area contributed by atoms with Crippen molar-refractivity contribution < 1.29 is 0 Å². The number of aromatic nitrogens is 2. The van der Waals surface area contributed by atoms with Gasteiger partial charge >= 0.3 is 0 Å². The van der Waals surface area contributed by atoms with Crippen LogP contribution in [0.3, 0.4) is 0 Å². The Kier molecular flexibility index (Phi) is 6.90. The number of rotatable bonds is 10. The van der Waals surface area contributed by atoms with Crippen LogP contribution in [0.15, 0.2) is 19.0 Å². The SMILES string of the molecule is C=Cc1nccn1CC(C)(CCCC)CCCCC. The van der Waals surface area contributed by atoms with Crippen LogP contribution in [-0.2, 0) is 6.54 Å². The van der Waals surface area contributed by atoms with Crippen molar-refractivity contribution >= 4 is 6.08 Å². The summed E-state index contributed by atoms with van der Waals surface area (Å²) >= 11 is 0. The molecule has 1 unspecified atom stereocenters. The summed E-state index contributed by atoms with van der Waals surface area (Å²) in [7, 11) is 0. The normalized spacial score (nSPS) is 14.3. The Bertz CT molecular complexity index is 367. The minimum Gasteiger partial charge on any atom is -0.331 e. The maximum atomic E-state index is 4.34. The Morgan fingerprint density at radius 2 is 1.89 bits per heavy atom. The highest BCUT2D eigenvalue weighted by molar-refractivity contribution is 5.36. The molecule has 0 aromatic carbocycles. The maximum Gasteiger partial charge on any atom is 0.131 e. The van der Waals surface area contributed by atoms with E-state index in [1.54, 1.807) is 0 Å². The smallest absolute Gasteiger partial charge is 0.131 e. The van der Waals surface area contributed by atoms with Gasteiger partial charge in [0.2, 0.25) is 0 Å². The van der Waals surface area contributed by atoms with E-state index in [1.165, 1.54) is 44.9 Å². The van der Waals surface area contributed by atoms with Crippen molar-refractivity contribution in [3.05, 3.63) is 24.8 Å². The fourth-order valence-corrected chi connectivity index (χ4v) is 2.74. The molecule has 0 saturated carbocycles. The summed E-state index contributed by atoms with van der Waals surface area (Å²) in [5, 5.41) is 0. The van der Waals surface area contributed by atoms with E-state index in [1.807, 2.05) is 12.3 Å². The number of unbranched alkanes of at least 4 members (excludes halogenated alkanes) is 3. The summed E-state index contributed by atoms with van der Waals surface area (Å²) in [5.74, 6) is 0.998. The zero-order valence-corrected chi connectivity index (χ0v) is 13.0. The van der Waals surface area contributed by atoms with Crippen LogP contribution in [0.1, 0.15) is 71.5 Å². The van der Waals surface area contributed by atoms with Crippen molar-refractivity contribution in [1.29, 1.82) is 0 Å². The number of nitrogens with zero attached hydrogens (tertiary/aromatic N) is 2. The van der Waals surface area contributed by atoms with E-state index in [2.05, 4.69) is 43.1 Å². The van der Waals surface area contributed by atoms with Crippen molar-refractivity contribution in [2.24, 2.45) is 5.41 Å². The molecule has 1 aromatic rings. The second-order valence-corrected chi connectivity index (χ2v) is 5.99. The first-order valence-corrected chi connectivity index (χ1v) is 7.78. The van der Waals surface area contributed by atoms with Crippen LogP contribution >= 0.6 is 0 Å². The lowest BCUT2D eigenvalue weighted by Gasteiger charge is -2.30. The predicted molar refractivity (Wildman–Crippen MR) is 84.1 cm³/mol. The monoisotopic (exact) mass is 262 g/mol. The fraction of sp³-hybridized carbons (Fsp3) is 0.706. The van der Waals surface area contributed by atoms with Crippen molar-refractivity contribution in [2.45, 2.75) is 72.3 Å². The van der Waals surface area contributed by atoms with Crippen LogP contribution in [0.2, 0.25) is 0 Å². The average Bonchev–Trinajstić information content (AvgIpc) is 2.84. The zero-order valence-electron chi connectivity index (χ0n) is 13.0. The molecule has 1 heterocycles. The van der Waals surface area contributed by atoms with E-state index in [-0.39, 0.29) is 0 Å². The summed E-state index contributed by atoms with van der Waals surface area (Å²) in [4.78, 5) is 4.34. The van der Waals surface area contributed by atoms with Gasteiger partial charge in [-0.1, -0.05) is 59.5 Å². The molecule has 0 aliphatic heterocycles. The molecule has 0 aliphatic carbocycles. The number of hydrogen-bond acceptors (Lipinski definition) is 1. The Morgan fingerprint density at radius 3 is 2.53 bits per heavy atom. The van der Waals surface area contributed by atoms with Gasteiger partial charge in [0.1, 0.15) is 5.82 Å². The first kappa shape index (κ1) is 16.0. The molecule has 108 valence electrons. The van der Waals surface area contributed by atoms with E-state index in [0.29, 0.717) is 5.41 Å². The molecular weight excluding hydrogens is 232 g/mol. The molecule has 0 spiro atoms. The van der Waals surface area contributed by atoms with Gasteiger partial charge in [-0.25, -0.2) is 4.98 Å². The van der Waals surface area contributed by atoms with Crippen molar-refractivity contribution in [1.82, 2.24) is 9.55 Å². The van der Waals surface area contributed by atoms with Crippen LogP contribution < -0.4 is 0 Å². The molecule has 19 heavy (non-hydrogen) atoms. The predicted octanol–water partition coefficient (Wildman–Crippen LogP) is 5.30. The minimum atomic E-state index is 0.392. The lowest BCUT2D eigenvalue weighted by Crippen LogP contribution is -2.24. The molecular formula is C17H30N2. The van der Waals surface area contributed by atoms with Gasteiger partial charge in [-0.2, -0.15) is 0 Å². The number of imidazole rings is 1. The second kappa shape index (κ2) is 8.19. The van der Waals surface area contributed by atoms with Gasteiger partial charge in [0.05, 0.1) is 0 Å². The quantitative estimate of drug-likeness (QED) is 0.523. The van der Waals surface area contributed by atoms with Crippen LogP contribution in [0.25, 0.3) is 6.08 Å². The molecule has 0 radical (unpaired) electrons. The molecule has 0 fully saturated rings. The molecule has 1 rings (SSSR count). The van der Waals surface area contributed by atoms with E-state index in [4.69, 9.17) is 0 Å². The molecule has 2 nitrogen and oxygen atoms in total. The first-order valence-electron chi connectivity index (χ1n) is 7.78. The molecule has 0 bridgehead atoms. The third-order valence-corrected chi connectivity index (χ3v) is 4.00. The largest absolute Gasteiger partial charge is 0.331 e. The van der Waals surface area contributed by atoms with Gasteiger partial charge in [0.25, 0.3) is 0 Å². The van der Waals surface area contributed by atoms with E-state index >= 15 is 0 Å². The standard InChI is InChI=1S/C17H30N2/c1-5-8-10-12-17(4,11-9-6-2)15-19-14-13-18-16(19)7-3/h7,13-14H,3,5-6,8-12,15H2,1-2,4H3. The van der Waals surface area contributed by atoms with Crippen molar-refractivity contribution in [2.75, 3.05) is 0 Å². The highest BCUT2D eigenvalue weighted by Crippen LogP contribution is 2.33. The zero-order chi connectivity index (χ0) is 14.1. The van der Waals surface area contributed by atoms with Crippen molar-refractivity contribution in [3.63, 3.8) is 0 Å². The minimum absolute atomic E-state index is 0.392. The molecule has 0 amide bonds. The third kappa shape index (κ3) is 5.22. The van der Waals surface area contributed by atoms with Gasteiger partial charge in [-0.3, -0.25) is 0 Å². The van der Waals surface area contributed by atoms with E-state index in [0.717, 1.165) is 12.4 Å². The van der Waals surface area contributed by atoms with Crippen molar-refractivity contribution in [3.8, 4) is 0 Å². The first-order chi connectivity index (χ1) is 9.15. The number of hydrogen-bond donors (Lipinski definition) is 0. The lowest BCUT2D eigenvalue weighted by molar-refractivity contribution is 0.214. The Labute approximate surface area is 118 Å². The molecule has 0 N–H and O–H groups in total. The Morgan fingerprint density at radius 1 is 1.21 bits per heavy atom. The van der Waals surface area contributed by atoms with Gasteiger partial charge in [-0.05, 0) is 24.3 Å². The van der Waals surface area contributed by atoms with Gasteiger partial charge < -0.3 is 4.57 Å². The third-order valence-electron chi connectivity index (χ3n) is 4.00. The Hall–Kier alpha value is -1.05. The second-order valence-electron chi connectivity index (χ2n) is 5.99. The van der Waals surface area contributed by atoms with Gasteiger partial charge in [0, 0.05) is 18.9 Å². The van der Waals surface area contributed by atoms with Crippen LogP contribution in [0, 0.1) is 5.41 Å². The summed E-state index contributed by atoms with van der Waals surface area (Å²) in [6.45, 7) is 11.9. The van der Waals surface area contributed by atoms with E-state index in [9.17, 15) is 0 Å². The topological polar surface area (TPSA) is 17.8 Å². The summed E-state index contributed by atoms with van der Waals surface area (Å²) < 4.78 is 2.26. The maximum absolute atomic E-state index is 4.34. The fourth-order valence-electron chi connectivity index (χ4n) is 2.74. The average molecular weight is 262 g/mol. The van der Waals surface area contributed by atoms with Crippen LogP contribution in [-0.4, -0.2) is 9.55 Å². The molecule has 2 heteroatoms. The molecule has 1 atom stereocenters. The Balaban J connectivity index is 2.69. The highest BCUT2D eigenvalue weighted by atomic mass is 15.1. The summed E-state index contributed by atoms with van der Waals surface area (Å²) in [5.41, 5.74) is 0.392. The van der Waals surface area contributed by atoms with Crippen LogP contribution in [0.4, 0.5) is 0 Å². The molecule has 1 aromatic heterocycles.